The molecule has 6 nitrogen and oxygen atoms in total. The molecule has 1 aliphatic carbocycles. The third-order valence-corrected chi connectivity index (χ3v) is 4.56. The van der Waals surface area contributed by atoms with E-state index in [1.165, 1.54) is 6.20 Å². The van der Waals surface area contributed by atoms with Gasteiger partial charge in [-0.2, -0.15) is 5.10 Å². The number of nitrogens with one attached hydrogen (secondary N) is 1. The van der Waals surface area contributed by atoms with Gasteiger partial charge in [-0.1, -0.05) is 43.2 Å². The molecular weight excluding hydrogens is 318 g/mol. The van der Waals surface area contributed by atoms with Gasteiger partial charge in [-0.15, -0.1) is 0 Å². The van der Waals surface area contributed by atoms with Crippen molar-refractivity contribution in [3.05, 3.63) is 53.9 Å². The van der Waals surface area contributed by atoms with E-state index in [4.69, 9.17) is 4.74 Å². The molecule has 3 rings (SSSR count). The predicted octanol–water partition coefficient (Wildman–Crippen LogP) is 2.54. The third-order valence-electron chi connectivity index (χ3n) is 4.56. The number of hydrogen-bond acceptors (Lipinski definition) is 4. The average molecular weight is 341 g/mol. The van der Waals surface area contributed by atoms with Crippen molar-refractivity contribution in [3.63, 3.8) is 0 Å². The molecule has 0 atom stereocenters. The molecule has 1 aromatic heterocycles. The zero-order valence-electron chi connectivity index (χ0n) is 14.4. The summed E-state index contributed by atoms with van der Waals surface area (Å²) in [5.41, 5.74) is 0.664. The van der Waals surface area contributed by atoms with Gasteiger partial charge in [0.05, 0.1) is 24.9 Å². The Balaban J connectivity index is 1.69. The number of amides is 1. The van der Waals surface area contributed by atoms with E-state index in [1.807, 2.05) is 30.3 Å². The summed E-state index contributed by atoms with van der Waals surface area (Å²) in [6, 6.07) is 9.92. The second kappa shape index (κ2) is 7.51. The van der Waals surface area contributed by atoms with E-state index < -0.39 is 5.54 Å². The van der Waals surface area contributed by atoms with Gasteiger partial charge >= 0.3 is 5.97 Å². The van der Waals surface area contributed by atoms with E-state index in [1.54, 1.807) is 17.8 Å². The van der Waals surface area contributed by atoms with Crippen LogP contribution in [0.1, 0.15) is 48.5 Å². The number of ether oxygens (including phenoxy) is 1. The number of carbonyl (C=O) groups is 2. The van der Waals surface area contributed by atoms with Crippen molar-refractivity contribution in [1.29, 1.82) is 0 Å². The zero-order chi connectivity index (χ0) is 17.7. The number of esters is 1. The smallest absolute Gasteiger partial charge is 0.331 e. The zero-order valence-corrected chi connectivity index (χ0v) is 14.4. The Labute approximate surface area is 147 Å². The molecule has 25 heavy (non-hydrogen) atoms. The molecule has 0 radical (unpaired) electrons. The van der Waals surface area contributed by atoms with E-state index >= 15 is 0 Å². The number of nitrogens with zero attached hydrogens (tertiary/aromatic N) is 2. The molecule has 0 unspecified atom stereocenters. The molecule has 1 aliphatic rings. The summed E-state index contributed by atoms with van der Waals surface area (Å²) in [4.78, 5) is 24.9. The lowest BCUT2D eigenvalue weighted by molar-refractivity contribution is -0.150. The Kier molecular flexibility index (Phi) is 5.16. The van der Waals surface area contributed by atoms with Crippen LogP contribution in [-0.2, 0) is 16.1 Å². The Morgan fingerprint density at radius 1 is 1.24 bits per heavy atom. The molecule has 0 saturated heterocycles. The van der Waals surface area contributed by atoms with Crippen LogP contribution in [0.15, 0.2) is 42.7 Å². The maximum absolute atomic E-state index is 12.6. The van der Waals surface area contributed by atoms with Crippen molar-refractivity contribution in [3.8, 4) is 0 Å². The molecule has 1 saturated carbocycles. The van der Waals surface area contributed by atoms with Crippen LogP contribution in [0.3, 0.4) is 0 Å². The lowest BCUT2D eigenvalue weighted by atomic mass is 9.97. The van der Waals surface area contributed by atoms with Gasteiger partial charge in [0.25, 0.3) is 5.91 Å². The molecule has 1 amide bonds. The number of hydrogen-bond donors (Lipinski definition) is 1. The second-order valence-electron chi connectivity index (χ2n) is 6.38. The minimum Gasteiger partial charge on any atom is -0.464 e. The molecule has 0 aliphatic heterocycles. The van der Waals surface area contributed by atoms with Gasteiger partial charge in [0, 0.05) is 6.20 Å². The summed E-state index contributed by atoms with van der Waals surface area (Å²) >= 11 is 0. The first-order chi connectivity index (χ1) is 12.1. The number of carbonyl (C=O) groups excluding carboxylic acids is 2. The van der Waals surface area contributed by atoms with E-state index in [0.717, 1.165) is 18.4 Å². The van der Waals surface area contributed by atoms with E-state index in [9.17, 15) is 9.59 Å². The van der Waals surface area contributed by atoms with Gasteiger partial charge in [0.2, 0.25) is 0 Å². The highest BCUT2D eigenvalue weighted by Crippen LogP contribution is 2.31. The molecule has 1 aromatic carbocycles. The first kappa shape index (κ1) is 17.2. The molecule has 2 aromatic rings. The summed E-state index contributed by atoms with van der Waals surface area (Å²) in [6.07, 6.45) is 6.30. The Bertz CT molecular complexity index is 733. The summed E-state index contributed by atoms with van der Waals surface area (Å²) in [6.45, 7) is 2.68. The topological polar surface area (TPSA) is 73.2 Å². The quantitative estimate of drug-likeness (QED) is 0.820. The van der Waals surface area contributed by atoms with Gasteiger partial charge < -0.3 is 10.1 Å². The number of aromatic nitrogens is 2. The Morgan fingerprint density at radius 3 is 2.64 bits per heavy atom. The molecule has 6 heteroatoms. The van der Waals surface area contributed by atoms with Crippen LogP contribution in [0, 0.1) is 0 Å². The fourth-order valence-electron chi connectivity index (χ4n) is 3.26. The van der Waals surface area contributed by atoms with Crippen LogP contribution in [-0.4, -0.2) is 33.8 Å². The molecule has 1 N–H and O–H groups in total. The third kappa shape index (κ3) is 3.90. The highest BCUT2D eigenvalue weighted by Gasteiger charge is 2.44. The summed E-state index contributed by atoms with van der Waals surface area (Å²) in [5, 5.41) is 7.15. The monoisotopic (exact) mass is 341 g/mol. The van der Waals surface area contributed by atoms with E-state index in [0.29, 0.717) is 31.6 Å². The fraction of sp³-hybridized carbons (Fsp3) is 0.421. The molecule has 1 fully saturated rings. The van der Waals surface area contributed by atoms with Gasteiger partial charge in [-0.3, -0.25) is 9.48 Å². The summed E-state index contributed by atoms with van der Waals surface area (Å²) in [5.74, 6) is -0.619. The van der Waals surface area contributed by atoms with Gasteiger partial charge in [0.15, 0.2) is 0 Å². The summed E-state index contributed by atoms with van der Waals surface area (Å²) < 4.78 is 6.89. The van der Waals surface area contributed by atoms with Gasteiger partial charge in [-0.25, -0.2) is 4.79 Å². The van der Waals surface area contributed by atoms with E-state index in [2.05, 4.69) is 10.4 Å². The van der Waals surface area contributed by atoms with Crippen LogP contribution in [0.2, 0.25) is 0 Å². The lowest BCUT2D eigenvalue weighted by Crippen LogP contribution is -2.53. The maximum atomic E-state index is 12.6. The van der Waals surface area contributed by atoms with Gasteiger partial charge in [-0.05, 0) is 25.3 Å². The summed E-state index contributed by atoms with van der Waals surface area (Å²) in [7, 11) is 0. The molecule has 1 heterocycles. The van der Waals surface area contributed by atoms with Crippen molar-refractivity contribution >= 4 is 11.9 Å². The maximum Gasteiger partial charge on any atom is 0.331 e. The highest BCUT2D eigenvalue weighted by atomic mass is 16.5. The largest absolute Gasteiger partial charge is 0.464 e. The Morgan fingerprint density at radius 2 is 1.96 bits per heavy atom. The minimum absolute atomic E-state index is 0.283. The standard InChI is InChI=1S/C19H23N3O3/c1-2-25-18(24)19(10-6-7-11-19)21-17(23)16-12-20-22(14-16)13-15-8-4-3-5-9-15/h3-5,8-9,12,14H,2,6-7,10-11,13H2,1H3,(H,21,23). The lowest BCUT2D eigenvalue weighted by Gasteiger charge is -2.27. The van der Waals surface area contributed by atoms with E-state index in [-0.39, 0.29) is 11.9 Å². The molecular formula is C19H23N3O3. The van der Waals surface area contributed by atoms with Crippen LogP contribution in [0.4, 0.5) is 0 Å². The minimum atomic E-state index is -0.894. The first-order valence-corrected chi connectivity index (χ1v) is 8.69. The van der Waals surface area contributed by atoms with Crippen molar-refractivity contribution in [2.24, 2.45) is 0 Å². The fourth-order valence-corrected chi connectivity index (χ4v) is 3.26. The number of rotatable bonds is 6. The normalized spacial score (nSPS) is 15.7. The molecule has 132 valence electrons. The molecule has 0 spiro atoms. The van der Waals surface area contributed by atoms with Crippen LogP contribution >= 0.6 is 0 Å². The Hall–Kier alpha value is -2.63. The van der Waals surface area contributed by atoms with Gasteiger partial charge in [0.1, 0.15) is 5.54 Å². The first-order valence-electron chi connectivity index (χ1n) is 8.69. The van der Waals surface area contributed by atoms with Crippen LogP contribution < -0.4 is 5.32 Å². The predicted molar refractivity (Wildman–Crippen MR) is 93.1 cm³/mol. The number of benzene rings is 1. The van der Waals surface area contributed by atoms with Crippen molar-refractivity contribution in [2.75, 3.05) is 6.61 Å². The van der Waals surface area contributed by atoms with Crippen LogP contribution in [0.25, 0.3) is 0 Å². The highest BCUT2D eigenvalue weighted by molar-refractivity contribution is 5.98. The van der Waals surface area contributed by atoms with Crippen molar-refractivity contribution in [2.45, 2.75) is 44.7 Å². The SMILES string of the molecule is CCOC(=O)C1(NC(=O)c2cnn(Cc3ccccc3)c2)CCCC1. The van der Waals surface area contributed by atoms with Crippen molar-refractivity contribution < 1.29 is 14.3 Å². The van der Waals surface area contributed by atoms with Crippen LogP contribution in [0.5, 0.6) is 0 Å². The van der Waals surface area contributed by atoms with Crippen molar-refractivity contribution in [1.82, 2.24) is 15.1 Å². The second-order valence-corrected chi connectivity index (χ2v) is 6.38. The molecule has 0 bridgehead atoms. The average Bonchev–Trinajstić information content (AvgIpc) is 3.26.